The quantitative estimate of drug-likeness (QED) is 0.714. The van der Waals surface area contributed by atoms with E-state index in [1.807, 2.05) is 0 Å². The van der Waals surface area contributed by atoms with E-state index < -0.39 is 0 Å². The predicted molar refractivity (Wildman–Crippen MR) is 55.5 cm³/mol. The van der Waals surface area contributed by atoms with E-state index in [1.54, 1.807) is 18.2 Å². The molecule has 0 aliphatic heterocycles. The molecule has 0 radical (unpaired) electrons. The fourth-order valence-corrected chi connectivity index (χ4v) is 1.29. The van der Waals surface area contributed by atoms with Gasteiger partial charge in [0.15, 0.2) is 0 Å². The van der Waals surface area contributed by atoms with Gasteiger partial charge in [-0.1, -0.05) is 18.2 Å². The van der Waals surface area contributed by atoms with E-state index in [4.69, 9.17) is 0 Å². The average Bonchev–Trinajstić information content (AvgIpc) is 2.17. The molecule has 0 spiro atoms. The van der Waals surface area contributed by atoms with Gasteiger partial charge in [0.2, 0.25) is 0 Å². The average molecular weight is 194 g/mol. The molecule has 0 amide bonds. The normalized spacial score (nSPS) is 12.4. The van der Waals surface area contributed by atoms with Gasteiger partial charge in [0.1, 0.15) is 5.82 Å². The summed E-state index contributed by atoms with van der Waals surface area (Å²) in [5.41, 5.74) is 1.05. The number of aryl methyl sites for hydroxylation is 1. The summed E-state index contributed by atoms with van der Waals surface area (Å²) in [6, 6.07) is 6.37. The molecule has 0 heterocycles. The lowest BCUT2D eigenvalue weighted by atomic mass is 10.1. The minimum Gasteiger partial charge on any atom is -0.393 e. The zero-order valence-electron chi connectivity index (χ0n) is 8.12. The number of hydrogen-bond acceptors (Lipinski definition) is 1. The van der Waals surface area contributed by atoms with E-state index in [9.17, 15) is 9.50 Å². The molecule has 0 aromatic heterocycles. The first-order valence-corrected chi connectivity index (χ1v) is 4.76. The fourth-order valence-electron chi connectivity index (χ4n) is 1.29. The first-order chi connectivity index (χ1) is 6.72. The summed E-state index contributed by atoms with van der Waals surface area (Å²) < 4.78 is 12.5. The first kappa shape index (κ1) is 10.9. The lowest BCUT2D eigenvalue weighted by molar-refractivity contribution is 0.168. The number of aliphatic hydroxyl groups is 1. The molecular formula is C12H15FO. The molecular weight excluding hydrogens is 179 g/mol. The predicted octanol–water partition coefficient (Wildman–Crippen LogP) is 2.70. The smallest absolute Gasteiger partial charge is 0.123 e. The van der Waals surface area contributed by atoms with E-state index in [0.29, 0.717) is 12.8 Å². The summed E-state index contributed by atoms with van der Waals surface area (Å²) in [6.07, 6.45) is 3.45. The molecule has 1 aromatic rings. The van der Waals surface area contributed by atoms with E-state index in [-0.39, 0.29) is 11.9 Å². The van der Waals surface area contributed by atoms with Crippen LogP contribution in [-0.2, 0) is 6.42 Å². The second kappa shape index (κ2) is 5.55. The summed E-state index contributed by atoms with van der Waals surface area (Å²) in [7, 11) is 0. The van der Waals surface area contributed by atoms with Gasteiger partial charge >= 0.3 is 0 Å². The molecule has 1 aromatic carbocycles. The molecule has 0 aliphatic carbocycles. The minimum absolute atomic E-state index is 0.222. The Bertz CT molecular complexity index is 279. The maximum atomic E-state index is 12.5. The van der Waals surface area contributed by atoms with Crippen molar-refractivity contribution < 1.29 is 9.50 Å². The molecule has 0 saturated carbocycles. The Morgan fingerprint density at radius 1 is 1.36 bits per heavy atom. The zero-order valence-corrected chi connectivity index (χ0v) is 8.12. The number of halogens is 1. The monoisotopic (exact) mass is 194 g/mol. The Balaban J connectivity index is 2.37. The molecule has 1 nitrogen and oxygen atoms in total. The maximum Gasteiger partial charge on any atom is 0.123 e. The second-order valence-corrected chi connectivity index (χ2v) is 3.34. The van der Waals surface area contributed by atoms with Crippen LogP contribution in [0.5, 0.6) is 0 Å². The van der Waals surface area contributed by atoms with Gasteiger partial charge in [-0.3, -0.25) is 0 Å². The van der Waals surface area contributed by atoms with Crippen LogP contribution in [0.2, 0.25) is 0 Å². The molecule has 0 unspecified atom stereocenters. The van der Waals surface area contributed by atoms with Crippen LogP contribution in [0.3, 0.4) is 0 Å². The Hall–Kier alpha value is -1.15. The van der Waals surface area contributed by atoms with Crippen molar-refractivity contribution in [2.45, 2.75) is 25.4 Å². The molecule has 0 bridgehead atoms. The summed E-state index contributed by atoms with van der Waals surface area (Å²) in [5.74, 6) is -0.222. The molecule has 0 aliphatic rings. The summed E-state index contributed by atoms with van der Waals surface area (Å²) in [4.78, 5) is 0. The third-order valence-corrected chi connectivity index (χ3v) is 2.12. The van der Waals surface area contributed by atoms with Crippen LogP contribution in [0.25, 0.3) is 0 Å². The second-order valence-electron chi connectivity index (χ2n) is 3.34. The van der Waals surface area contributed by atoms with Crippen molar-refractivity contribution in [2.24, 2.45) is 0 Å². The lowest BCUT2D eigenvalue weighted by Crippen LogP contribution is -2.06. The number of benzene rings is 1. The summed E-state index contributed by atoms with van der Waals surface area (Å²) in [6.45, 7) is 3.56. The Labute approximate surface area is 83.9 Å². The van der Waals surface area contributed by atoms with Crippen molar-refractivity contribution in [3.05, 3.63) is 48.3 Å². The lowest BCUT2D eigenvalue weighted by Gasteiger charge is -2.07. The highest BCUT2D eigenvalue weighted by molar-refractivity contribution is 5.16. The number of hydrogen-bond donors (Lipinski definition) is 1. The number of rotatable bonds is 5. The number of aliphatic hydroxyl groups excluding tert-OH is 1. The van der Waals surface area contributed by atoms with Crippen molar-refractivity contribution in [1.82, 2.24) is 0 Å². The van der Waals surface area contributed by atoms with E-state index in [2.05, 4.69) is 6.58 Å². The molecule has 1 N–H and O–H groups in total. The van der Waals surface area contributed by atoms with Gasteiger partial charge < -0.3 is 5.11 Å². The minimum atomic E-state index is -0.336. The van der Waals surface area contributed by atoms with Gasteiger partial charge in [0, 0.05) is 0 Å². The van der Waals surface area contributed by atoms with Crippen LogP contribution in [-0.4, -0.2) is 11.2 Å². The van der Waals surface area contributed by atoms with Gasteiger partial charge in [-0.15, -0.1) is 6.58 Å². The third-order valence-electron chi connectivity index (χ3n) is 2.12. The van der Waals surface area contributed by atoms with E-state index in [0.717, 1.165) is 12.0 Å². The third kappa shape index (κ3) is 3.71. The maximum absolute atomic E-state index is 12.5. The molecule has 0 saturated heterocycles. The highest BCUT2D eigenvalue weighted by atomic mass is 19.1. The Morgan fingerprint density at radius 2 is 2.00 bits per heavy atom. The van der Waals surface area contributed by atoms with Crippen LogP contribution in [0, 0.1) is 5.82 Å². The van der Waals surface area contributed by atoms with Crippen molar-refractivity contribution in [2.75, 3.05) is 0 Å². The summed E-state index contributed by atoms with van der Waals surface area (Å²) >= 11 is 0. The van der Waals surface area contributed by atoms with Crippen LogP contribution in [0.1, 0.15) is 18.4 Å². The Morgan fingerprint density at radius 3 is 2.57 bits per heavy atom. The van der Waals surface area contributed by atoms with Crippen LogP contribution in [0.15, 0.2) is 36.9 Å². The molecule has 2 heteroatoms. The molecule has 14 heavy (non-hydrogen) atoms. The van der Waals surface area contributed by atoms with E-state index >= 15 is 0 Å². The van der Waals surface area contributed by atoms with E-state index in [1.165, 1.54) is 12.1 Å². The zero-order chi connectivity index (χ0) is 10.4. The highest BCUT2D eigenvalue weighted by Gasteiger charge is 2.02. The van der Waals surface area contributed by atoms with Gasteiger partial charge in [-0.2, -0.15) is 0 Å². The van der Waals surface area contributed by atoms with Crippen molar-refractivity contribution in [3.63, 3.8) is 0 Å². The van der Waals surface area contributed by atoms with Crippen molar-refractivity contribution in [1.29, 1.82) is 0 Å². The molecule has 1 rings (SSSR count). The molecule has 76 valence electrons. The van der Waals surface area contributed by atoms with Gasteiger partial charge in [0.05, 0.1) is 6.10 Å². The van der Waals surface area contributed by atoms with Gasteiger partial charge in [-0.05, 0) is 37.0 Å². The topological polar surface area (TPSA) is 20.2 Å². The van der Waals surface area contributed by atoms with Crippen molar-refractivity contribution >= 4 is 0 Å². The fraction of sp³-hybridized carbons (Fsp3) is 0.333. The van der Waals surface area contributed by atoms with Gasteiger partial charge in [-0.25, -0.2) is 4.39 Å². The summed E-state index contributed by atoms with van der Waals surface area (Å²) in [5, 5.41) is 9.42. The largest absolute Gasteiger partial charge is 0.393 e. The molecule has 1 atom stereocenters. The highest BCUT2D eigenvalue weighted by Crippen LogP contribution is 2.08. The van der Waals surface area contributed by atoms with Crippen molar-refractivity contribution in [3.8, 4) is 0 Å². The van der Waals surface area contributed by atoms with Crippen LogP contribution < -0.4 is 0 Å². The van der Waals surface area contributed by atoms with Crippen LogP contribution >= 0.6 is 0 Å². The standard InChI is InChI=1S/C12H15FO/c1-2-3-12(14)9-6-10-4-7-11(13)8-5-10/h2,4-5,7-8,12,14H,1,3,6,9H2/t12-/m1/s1. The molecule has 0 fully saturated rings. The van der Waals surface area contributed by atoms with Crippen LogP contribution in [0.4, 0.5) is 4.39 Å². The first-order valence-electron chi connectivity index (χ1n) is 4.76. The van der Waals surface area contributed by atoms with Gasteiger partial charge in [0.25, 0.3) is 0 Å². The Kier molecular flexibility index (Phi) is 4.33. The SMILES string of the molecule is C=CC[C@@H](O)CCc1ccc(F)cc1.